The predicted molar refractivity (Wildman–Crippen MR) is 113 cm³/mol. The van der Waals surface area contributed by atoms with E-state index in [1.807, 2.05) is 41.6 Å². The van der Waals surface area contributed by atoms with Crippen LogP contribution in [-0.4, -0.2) is 57.8 Å². The van der Waals surface area contributed by atoms with Gasteiger partial charge in [0.05, 0.1) is 19.2 Å². The van der Waals surface area contributed by atoms with E-state index in [0.717, 1.165) is 55.3 Å². The van der Waals surface area contributed by atoms with Crippen LogP contribution in [0.4, 0.5) is 0 Å². The summed E-state index contributed by atoms with van der Waals surface area (Å²) < 4.78 is 7.68. The fourth-order valence-corrected chi connectivity index (χ4v) is 3.79. The summed E-state index contributed by atoms with van der Waals surface area (Å²) in [5.74, 6) is 3.18. The molecule has 4 rings (SSSR count). The Morgan fingerprint density at radius 2 is 2.07 bits per heavy atom. The highest BCUT2D eigenvalue weighted by atomic mass is 16.5. The molecule has 160 valence electrons. The average Bonchev–Trinajstić information content (AvgIpc) is 3.41. The van der Waals surface area contributed by atoms with Crippen LogP contribution in [0.1, 0.15) is 42.5 Å². The van der Waals surface area contributed by atoms with Crippen LogP contribution < -0.4 is 15.4 Å². The number of nitrogens with zero attached hydrogens (tertiary/aromatic N) is 5. The maximum atomic E-state index is 12.5. The highest BCUT2D eigenvalue weighted by molar-refractivity contribution is 5.86. The number of amides is 1. The van der Waals surface area contributed by atoms with Crippen molar-refractivity contribution >= 4 is 11.9 Å². The van der Waals surface area contributed by atoms with E-state index in [-0.39, 0.29) is 18.5 Å². The fraction of sp³-hybridized carbons (Fsp3) is 0.524. The number of guanidine groups is 1. The van der Waals surface area contributed by atoms with E-state index < -0.39 is 0 Å². The van der Waals surface area contributed by atoms with E-state index in [2.05, 4.69) is 26.9 Å². The van der Waals surface area contributed by atoms with Crippen molar-refractivity contribution < 1.29 is 9.53 Å². The number of benzene rings is 1. The van der Waals surface area contributed by atoms with Gasteiger partial charge in [0.1, 0.15) is 18.1 Å². The van der Waals surface area contributed by atoms with Crippen molar-refractivity contribution in [3.63, 3.8) is 0 Å². The Labute approximate surface area is 176 Å². The lowest BCUT2D eigenvalue weighted by molar-refractivity contribution is -0.128. The molecular formula is C21H29N7O2. The fourth-order valence-electron chi connectivity index (χ4n) is 3.79. The molecule has 1 aromatic carbocycles. The number of carbonyl (C=O) groups excluding carboxylic acids is 1. The van der Waals surface area contributed by atoms with E-state index in [9.17, 15) is 4.79 Å². The summed E-state index contributed by atoms with van der Waals surface area (Å²) in [6.45, 7) is 4.81. The zero-order valence-corrected chi connectivity index (χ0v) is 17.6. The number of aromatic nitrogens is 3. The quantitative estimate of drug-likeness (QED) is 0.569. The summed E-state index contributed by atoms with van der Waals surface area (Å²) in [6, 6.07) is 8.08. The van der Waals surface area contributed by atoms with Gasteiger partial charge in [0.15, 0.2) is 11.8 Å². The van der Waals surface area contributed by atoms with Crippen LogP contribution in [0.3, 0.4) is 0 Å². The van der Waals surface area contributed by atoms with E-state index >= 15 is 0 Å². The zero-order valence-electron chi connectivity index (χ0n) is 17.6. The second kappa shape index (κ2) is 9.15. The summed E-state index contributed by atoms with van der Waals surface area (Å²) in [5.41, 5.74) is 1.10. The van der Waals surface area contributed by atoms with Gasteiger partial charge in [-0.05, 0) is 25.8 Å². The van der Waals surface area contributed by atoms with Crippen molar-refractivity contribution in [2.75, 3.05) is 26.2 Å². The molecule has 2 N–H and O–H groups in total. The van der Waals surface area contributed by atoms with Crippen LogP contribution in [0.2, 0.25) is 0 Å². The molecule has 0 aliphatic carbocycles. The highest BCUT2D eigenvalue weighted by Crippen LogP contribution is 2.31. The minimum Gasteiger partial charge on any atom is -0.493 e. The van der Waals surface area contributed by atoms with Crippen LogP contribution in [-0.2, 0) is 18.4 Å². The molecule has 3 heterocycles. The van der Waals surface area contributed by atoms with Gasteiger partial charge < -0.3 is 24.8 Å². The van der Waals surface area contributed by atoms with Crippen molar-refractivity contribution in [3.8, 4) is 5.75 Å². The third-order valence-corrected chi connectivity index (χ3v) is 5.70. The smallest absolute Gasteiger partial charge is 0.241 e. The first-order valence-corrected chi connectivity index (χ1v) is 10.5. The van der Waals surface area contributed by atoms with E-state index in [4.69, 9.17) is 9.73 Å². The Morgan fingerprint density at radius 3 is 2.83 bits per heavy atom. The number of likely N-dealkylation sites (tertiary alicyclic amines) is 1. The summed E-state index contributed by atoms with van der Waals surface area (Å²) in [6.07, 6.45) is 2.98. The van der Waals surface area contributed by atoms with Crippen molar-refractivity contribution in [3.05, 3.63) is 41.5 Å². The molecule has 0 radical (unpaired) electrons. The molecule has 1 unspecified atom stereocenters. The third-order valence-electron chi connectivity index (χ3n) is 5.70. The Hall–Kier alpha value is -3.10. The molecule has 0 bridgehead atoms. The average molecular weight is 412 g/mol. The van der Waals surface area contributed by atoms with E-state index in [1.165, 1.54) is 0 Å². The van der Waals surface area contributed by atoms with Crippen LogP contribution in [0.5, 0.6) is 5.75 Å². The van der Waals surface area contributed by atoms with Gasteiger partial charge in [0.2, 0.25) is 5.91 Å². The number of rotatable bonds is 5. The molecule has 0 spiro atoms. The summed E-state index contributed by atoms with van der Waals surface area (Å²) in [4.78, 5) is 19.1. The lowest BCUT2D eigenvalue weighted by Crippen LogP contribution is -2.45. The van der Waals surface area contributed by atoms with E-state index in [0.29, 0.717) is 19.1 Å². The molecule has 1 amide bonds. The van der Waals surface area contributed by atoms with Gasteiger partial charge in [0.25, 0.3) is 0 Å². The van der Waals surface area contributed by atoms with Gasteiger partial charge >= 0.3 is 0 Å². The largest absolute Gasteiger partial charge is 0.493 e. The first kappa shape index (κ1) is 20.2. The monoisotopic (exact) mass is 411 g/mol. The second-order valence-electron chi connectivity index (χ2n) is 7.70. The lowest BCUT2D eigenvalue weighted by atomic mass is 10.0. The number of ether oxygens (including phenoxy) is 1. The Morgan fingerprint density at radius 1 is 1.27 bits per heavy atom. The molecule has 1 atom stereocenters. The van der Waals surface area contributed by atoms with Gasteiger partial charge in [-0.3, -0.25) is 4.79 Å². The normalized spacial score (nSPS) is 18.7. The summed E-state index contributed by atoms with van der Waals surface area (Å²) in [7, 11) is 1.92. The molecule has 1 aromatic heterocycles. The number of carbonyl (C=O) groups is 1. The Balaban J connectivity index is 1.48. The summed E-state index contributed by atoms with van der Waals surface area (Å²) >= 11 is 0. The first-order chi connectivity index (χ1) is 14.6. The van der Waals surface area contributed by atoms with Crippen LogP contribution in [0.15, 0.2) is 29.3 Å². The first-order valence-electron chi connectivity index (χ1n) is 10.5. The van der Waals surface area contributed by atoms with Crippen LogP contribution >= 0.6 is 0 Å². The molecule has 1 fully saturated rings. The standard InChI is InChI=1S/C21H29N7O2/c1-15-25-26-19(27(15)2)13-22-21(23-14-20(29)28-10-5-6-11-28)24-17-9-12-30-18-8-4-3-7-16(17)18/h3-4,7-8,17H,5-6,9-14H2,1-2H3,(H2,22,23,24). The molecule has 2 aromatic rings. The van der Waals surface area contributed by atoms with Gasteiger partial charge in [-0.15, -0.1) is 10.2 Å². The molecule has 1 saturated heterocycles. The van der Waals surface area contributed by atoms with Crippen molar-refractivity contribution in [1.82, 2.24) is 30.3 Å². The molecule has 2 aliphatic heterocycles. The third kappa shape index (κ3) is 4.55. The second-order valence-corrected chi connectivity index (χ2v) is 7.70. The van der Waals surface area contributed by atoms with Gasteiger partial charge in [-0.1, -0.05) is 18.2 Å². The van der Waals surface area contributed by atoms with Crippen molar-refractivity contribution in [1.29, 1.82) is 0 Å². The van der Waals surface area contributed by atoms with Crippen LogP contribution in [0.25, 0.3) is 0 Å². The number of aryl methyl sites for hydroxylation is 1. The minimum absolute atomic E-state index is 0.0596. The zero-order chi connectivity index (χ0) is 20.9. The predicted octanol–water partition coefficient (Wildman–Crippen LogP) is 1.30. The molecular weight excluding hydrogens is 382 g/mol. The van der Waals surface area contributed by atoms with Gasteiger partial charge in [-0.2, -0.15) is 0 Å². The number of fused-ring (bicyclic) bond motifs is 1. The van der Waals surface area contributed by atoms with E-state index in [1.54, 1.807) is 0 Å². The van der Waals surface area contributed by atoms with Gasteiger partial charge in [0, 0.05) is 32.1 Å². The van der Waals surface area contributed by atoms with Crippen LogP contribution in [0, 0.1) is 6.92 Å². The number of hydrogen-bond acceptors (Lipinski definition) is 5. The van der Waals surface area contributed by atoms with Crippen molar-refractivity contribution in [2.24, 2.45) is 12.0 Å². The van der Waals surface area contributed by atoms with Gasteiger partial charge in [-0.25, -0.2) is 4.99 Å². The molecule has 9 heteroatoms. The number of nitrogens with one attached hydrogen (secondary N) is 2. The molecule has 2 aliphatic rings. The maximum Gasteiger partial charge on any atom is 0.241 e. The Kier molecular flexibility index (Phi) is 6.15. The lowest BCUT2D eigenvalue weighted by Gasteiger charge is -2.28. The number of aliphatic imine (C=N–C) groups is 1. The number of para-hydroxylation sites is 1. The number of hydrogen-bond donors (Lipinski definition) is 2. The maximum absolute atomic E-state index is 12.5. The topological polar surface area (TPSA) is 96.7 Å². The minimum atomic E-state index is 0.0596. The molecule has 30 heavy (non-hydrogen) atoms. The highest BCUT2D eigenvalue weighted by Gasteiger charge is 2.23. The van der Waals surface area contributed by atoms with Crippen molar-refractivity contribution in [2.45, 2.75) is 38.8 Å². The Bertz CT molecular complexity index is 918. The SMILES string of the molecule is Cc1nnc(CN=C(NCC(=O)N2CCCC2)NC2CCOc3ccccc32)n1C. The molecule has 0 saturated carbocycles. The molecule has 9 nitrogen and oxygen atoms in total. The summed E-state index contributed by atoms with van der Waals surface area (Å²) in [5, 5.41) is 15.0.